The van der Waals surface area contributed by atoms with Gasteiger partial charge in [0.05, 0.1) is 0 Å². The van der Waals surface area contributed by atoms with Crippen LogP contribution in [0.4, 0.5) is 0 Å². The monoisotopic (exact) mass is 228 g/mol. The molecule has 0 aliphatic carbocycles. The van der Waals surface area contributed by atoms with E-state index in [2.05, 4.69) is 0 Å². The largest absolute Gasteiger partial charge is 0.508 e. The minimum Gasteiger partial charge on any atom is -0.508 e. The highest BCUT2D eigenvalue weighted by molar-refractivity contribution is 5.35. The molecule has 0 aromatic heterocycles. The summed E-state index contributed by atoms with van der Waals surface area (Å²) in [6.45, 7) is 4.38. The molecular weight excluding hydrogens is 212 g/mol. The maximum atomic E-state index is 9.59. The molecule has 0 unspecified atom stereocenters. The molecular formula is C15H16O2. The molecule has 0 heterocycles. The molecule has 0 atom stereocenters. The van der Waals surface area contributed by atoms with E-state index in [-0.39, 0.29) is 0 Å². The van der Waals surface area contributed by atoms with E-state index in [1.54, 1.807) is 6.07 Å². The second kappa shape index (κ2) is 4.91. The summed E-state index contributed by atoms with van der Waals surface area (Å²) in [4.78, 5) is 0. The summed E-state index contributed by atoms with van der Waals surface area (Å²) >= 11 is 0. The number of aromatic hydroxyl groups is 1. The van der Waals surface area contributed by atoms with Gasteiger partial charge in [-0.05, 0) is 48.7 Å². The lowest BCUT2D eigenvalue weighted by Crippen LogP contribution is -1.95. The fraction of sp³-hybridized carbons (Fsp3) is 0.200. The Balaban J connectivity index is 2.05. The molecule has 0 aliphatic heterocycles. The summed E-state index contributed by atoms with van der Waals surface area (Å²) < 4.78 is 5.66. The summed E-state index contributed by atoms with van der Waals surface area (Å²) in [5, 5.41) is 9.59. The molecule has 0 radical (unpaired) electrons. The van der Waals surface area contributed by atoms with Crippen molar-refractivity contribution < 1.29 is 9.84 Å². The van der Waals surface area contributed by atoms with Gasteiger partial charge in [0.1, 0.15) is 18.1 Å². The molecule has 0 fully saturated rings. The van der Waals surface area contributed by atoms with Crippen LogP contribution in [0.1, 0.15) is 16.7 Å². The van der Waals surface area contributed by atoms with Crippen molar-refractivity contribution in [2.24, 2.45) is 0 Å². The number of ether oxygens (including phenoxy) is 1. The quantitative estimate of drug-likeness (QED) is 0.870. The Morgan fingerprint density at radius 2 is 1.88 bits per heavy atom. The number of hydrogen-bond acceptors (Lipinski definition) is 2. The first-order valence-electron chi connectivity index (χ1n) is 5.63. The highest BCUT2D eigenvalue weighted by atomic mass is 16.5. The van der Waals surface area contributed by atoms with Crippen LogP contribution in [0.5, 0.6) is 11.5 Å². The van der Waals surface area contributed by atoms with E-state index in [9.17, 15) is 5.11 Å². The summed E-state index contributed by atoms with van der Waals surface area (Å²) in [5.41, 5.74) is 3.02. The summed E-state index contributed by atoms with van der Waals surface area (Å²) in [5.74, 6) is 1.17. The van der Waals surface area contributed by atoms with Crippen LogP contribution in [0.25, 0.3) is 0 Å². The minimum absolute atomic E-state index is 0.315. The Morgan fingerprint density at radius 1 is 1.06 bits per heavy atom. The number of benzene rings is 2. The molecule has 0 spiro atoms. The van der Waals surface area contributed by atoms with Crippen molar-refractivity contribution in [2.75, 3.05) is 0 Å². The zero-order chi connectivity index (χ0) is 12.3. The van der Waals surface area contributed by atoms with E-state index in [1.165, 1.54) is 5.56 Å². The molecule has 2 aromatic carbocycles. The molecule has 88 valence electrons. The molecule has 1 N–H and O–H groups in total. The average molecular weight is 228 g/mol. The molecule has 2 rings (SSSR count). The van der Waals surface area contributed by atoms with Gasteiger partial charge in [-0.1, -0.05) is 24.3 Å². The molecule has 0 saturated carbocycles. The first-order valence-corrected chi connectivity index (χ1v) is 5.63. The number of aryl methyl sites for hydroxylation is 2. The Labute approximate surface area is 101 Å². The van der Waals surface area contributed by atoms with Crippen LogP contribution in [0.15, 0.2) is 42.5 Å². The van der Waals surface area contributed by atoms with E-state index in [4.69, 9.17) is 4.74 Å². The third-order valence-corrected chi connectivity index (χ3v) is 2.67. The van der Waals surface area contributed by atoms with Crippen molar-refractivity contribution in [2.45, 2.75) is 20.5 Å². The van der Waals surface area contributed by atoms with Crippen LogP contribution in [-0.4, -0.2) is 5.11 Å². The Bertz CT molecular complexity index is 518. The van der Waals surface area contributed by atoms with E-state index < -0.39 is 0 Å². The number of phenols is 1. The van der Waals surface area contributed by atoms with Crippen molar-refractivity contribution in [3.8, 4) is 11.5 Å². The van der Waals surface area contributed by atoms with Gasteiger partial charge in [0.25, 0.3) is 0 Å². The van der Waals surface area contributed by atoms with Crippen molar-refractivity contribution in [3.63, 3.8) is 0 Å². The van der Waals surface area contributed by atoms with Gasteiger partial charge in [0.2, 0.25) is 0 Å². The Hall–Kier alpha value is -1.96. The SMILES string of the molecule is Cc1cccc(OCc2ccc(C)c(O)c2)c1. The zero-order valence-corrected chi connectivity index (χ0v) is 10.1. The fourth-order valence-electron chi connectivity index (χ4n) is 1.62. The van der Waals surface area contributed by atoms with Crippen LogP contribution >= 0.6 is 0 Å². The zero-order valence-electron chi connectivity index (χ0n) is 10.1. The molecule has 0 saturated heterocycles. The van der Waals surface area contributed by atoms with Gasteiger partial charge in [-0.2, -0.15) is 0 Å². The highest BCUT2D eigenvalue weighted by Crippen LogP contribution is 2.19. The first-order chi connectivity index (χ1) is 8.15. The van der Waals surface area contributed by atoms with Crippen LogP contribution in [0, 0.1) is 13.8 Å². The van der Waals surface area contributed by atoms with Crippen molar-refractivity contribution >= 4 is 0 Å². The molecule has 2 aromatic rings. The van der Waals surface area contributed by atoms with Gasteiger partial charge in [0.15, 0.2) is 0 Å². The predicted molar refractivity (Wildman–Crippen MR) is 68.4 cm³/mol. The molecule has 0 aliphatic rings. The molecule has 0 amide bonds. The van der Waals surface area contributed by atoms with E-state index in [1.807, 2.05) is 50.2 Å². The van der Waals surface area contributed by atoms with E-state index >= 15 is 0 Å². The molecule has 2 nitrogen and oxygen atoms in total. The summed E-state index contributed by atoms with van der Waals surface area (Å²) in [7, 11) is 0. The lowest BCUT2D eigenvalue weighted by Gasteiger charge is -2.08. The van der Waals surface area contributed by atoms with Crippen molar-refractivity contribution in [1.29, 1.82) is 0 Å². The summed E-state index contributed by atoms with van der Waals surface area (Å²) in [6, 6.07) is 13.5. The standard InChI is InChI=1S/C15H16O2/c1-11-4-3-5-14(8-11)17-10-13-7-6-12(2)15(16)9-13/h3-9,16H,10H2,1-2H3. The smallest absolute Gasteiger partial charge is 0.120 e. The maximum absolute atomic E-state index is 9.59. The number of hydrogen-bond donors (Lipinski definition) is 1. The molecule has 0 bridgehead atoms. The summed E-state index contributed by atoms with van der Waals surface area (Å²) in [6.07, 6.45) is 0. The van der Waals surface area contributed by atoms with Gasteiger partial charge in [-0.25, -0.2) is 0 Å². The van der Waals surface area contributed by atoms with E-state index in [0.29, 0.717) is 12.4 Å². The second-order valence-electron chi connectivity index (χ2n) is 4.23. The lowest BCUT2D eigenvalue weighted by atomic mass is 10.1. The van der Waals surface area contributed by atoms with Crippen molar-refractivity contribution in [3.05, 3.63) is 59.2 Å². The number of phenolic OH excluding ortho intramolecular Hbond substituents is 1. The van der Waals surface area contributed by atoms with E-state index in [0.717, 1.165) is 16.9 Å². The average Bonchev–Trinajstić information content (AvgIpc) is 2.31. The third-order valence-electron chi connectivity index (χ3n) is 2.67. The Morgan fingerprint density at radius 3 is 2.59 bits per heavy atom. The normalized spacial score (nSPS) is 10.2. The lowest BCUT2D eigenvalue weighted by molar-refractivity contribution is 0.305. The van der Waals surface area contributed by atoms with Gasteiger partial charge in [0, 0.05) is 0 Å². The van der Waals surface area contributed by atoms with Crippen LogP contribution < -0.4 is 4.74 Å². The highest BCUT2D eigenvalue weighted by Gasteiger charge is 2.00. The third kappa shape index (κ3) is 3.00. The van der Waals surface area contributed by atoms with Gasteiger partial charge >= 0.3 is 0 Å². The second-order valence-corrected chi connectivity index (χ2v) is 4.23. The van der Waals surface area contributed by atoms with Gasteiger partial charge in [-0.3, -0.25) is 0 Å². The van der Waals surface area contributed by atoms with Crippen LogP contribution in [-0.2, 0) is 6.61 Å². The molecule has 2 heteroatoms. The van der Waals surface area contributed by atoms with Crippen LogP contribution in [0.3, 0.4) is 0 Å². The predicted octanol–water partition coefficient (Wildman–Crippen LogP) is 3.59. The van der Waals surface area contributed by atoms with Crippen LogP contribution in [0.2, 0.25) is 0 Å². The Kier molecular flexibility index (Phi) is 3.33. The van der Waals surface area contributed by atoms with Crippen molar-refractivity contribution in [1.82, 2.24) is 0 Å². The minimum atomic E-state index is 0.315. The topological polar surface area (TPSA) is 29.5 Å². The fourth-order valence-corrected chi connectivity index (χ4v) is 1.62. The molecule has 17 heavy (non-hydrogen) atoms. The van der Waals surface area contributed by atoms with Gasteiger partial charge in [-0.15, -0.1) is 0 Å². The first kappa shape index (κ1) is 11.5. The van der Waals surface area contributed by atoms with Gasteiger partial charge < -0.3 is 9.84 Å². The maximum Gasteiger partial charge on any atom is 0.120 e. The number of rotatable bonds is 3.